The highest BCUT2D eigenvalue weighted by molar-refractivity contribution is 5.78. The molecule has 0 amide bonds. The van der Waals surface area contributed by atoms with E-state index in [0.717, 1.165) is 18.4 Å². The fourth-order valence-corrected chi connectivity index (χ4v) is 2.10. The van der Waals surface area contributed by atoms with Crippen molar-refractivity contribution in [3.63, 3.8) is 0 Å². The molecule has 0 fully saturated rings. The molecule has 0 aliphatic carbocycles. The van der Waals surface area contributed by atoms with Crippen molar-refractivity contribution in [1.29, 1.82) is 5.26 Å². The lowest BCUT2D eigenvalue weighted by molar-refractivity contribution is 0.112. The van der Waals surface area contributed by atoms with Gasteiger partial charge in [0.15, 0.2) is 0 Å². The third kappa shape index (κ3) is 3.33. The molecule has 0 aromatic heterocycles. The monoisotopic (exact) mass is 244 g/mol. The minimum atomic E-state index is 0.360. The molecule has 0 saturated heterocycles. The summed E-state index contributed by atoms with van der Waals surface area (Å²) < 4.78 is 0. The highest BCUT2D eigenvalue weighted by atomic mass is 16.1. The van der Waals surface area contributed by atoms with Gasteiger partial charge < -0.3 is 4.90 Å². The Labute approximate surface area is 109 Å². The lowest BCUT2D eigenvalue weighted by Crippen LogP contribution is -2.30. The molecule has 0 heterocycles. The molecule has 0 bridgehead atoms. The highest BCUT2D eigenvalue weighted by Gasteiger charge is 2.15. The van der Waals surface area contributed by atoms with Crippen molar-refractivity contribution in [3.05, 3.63) is 29.3 Å². The summed E-state index contributed by atoms with van der Waals surface area (Å²) in [5.41, 5.74) is 1.98. The van der Waals surface area contributed by atoms with Crippen molar-refractivity contribution in [2.75, 3.05) is 11.9 Å². The van der Waals surface area contributed by atoms with Crippen molar-refractivity contribution < 1.29 is 4.79 Å². The van der Waals surface area contributed by atoms with Gasteiger partial charge in [-0.1, -0.05) is 13.8 Å². The Morgan fingerprint density at radius 1 is 1.39 bits per heavy atom. The van der Waals surface area contributed by atoms with E-state index in [1.807, 2.05) is 13.1 Å². The number of carbonyl (C=O) groups excluding carboxylic acids is 1. The molecular weight excluding hydrogens is 224 g/mol. The van der Waals surface area contributed by atoms with Crippen molar-refractivity contribution in [2.45, 2.75) is 33.2 Å². The Bertz CT molecular complexity index is 460. The van der Waals surface area contributed by atoms with Gasteiger partial charge in [0.05, 0.1) is 11.3 Å². The van der Waals surface area contributed by atoms with Crippen molar-refractivity contribution in [2.24, 2.45) is 5.92 Å². The first-order valence-electron chi connectivity index (χ1n) is 6.21. The minimum Gasteiger partial charge on any atom is -0.371 e. The first-order chi connectivity index (χ1) is 8.49. The van der Waals surface area contributed by atoms with Crippen LogP contribution in [0, 0.1) is 17.2 Å². The van der Waals surface area contributed by atoms with Crippen LogP contribution >= 0.6 is 0 Å². The number of benzene rings is 1. The van der Waals surface area contributed by atoms with E-state index < -0.39 is 0 Å². The van der Waals surface area contributed by atoms with Crippen LogP contribution in [0.25, 0.3) is 0 Å². The average Bonchev–Trinajstić information content (AvgIpc) is 2.36. The number of carbonyl (C=O) groups is 1. The Hall–Kier alpha value is -1.82. The number of nitrogens with zero attached hydrogens (tertiary/aromatic N) is 2. The summed E-state index contributed by atoms with van der Waals surface area (Å²) in [6.07, 6.45) is 1.83. The predicted molar refractivity (Wildman–Crippen MR) is 73.9 cm³/mol. The highest BCUT2D eigenvalue weighted by Crippen LogP contribution is 2.23. The van der Waals surface area contributed by atoms with Crippen LogP contribution in [0.1, 0.15) is 43.1 Å². The Balaban J connectivity index is 3.02. The molecule has 1 aromatic carbocycles. The van der Waals surface area contributed by atoms with Crippen LogP contribution in [-0.2, 0) is 0 Å². The van der Waals surface area contributed by atoms with Gasteiger partial charge in [0.25, 0.3) is 0 Å². The van der Waals surface area contributed by atoms with Gasteiger partial charge in [-0.15, -0.1) is 0 Å². The van der Waals surface area contributed by atoms with Crippen LogP contribution in [0.2, 0.25) is 0 Å². The summed E-state index contributed by atoms with van der Waals surface area (Å²) >= 11 is 0. The molecular formula is C15H20N2O. The molecule has 1 rings (SSSR count). The molecule has 1 unspecified atom stereocenters. The topological polar surface area (TPSA) is 44.1 Å². The van der Waals surface area contributed by atoms with Gasteiger partial charge in [0, 0.05) is 18.7 Å². The van der Waals surface area contributed by atoms with Crippen molar-refractivity contribution in [3.8, 4) is 6.07 Å². The van der Waals surface area contributed by atoms with E-state index in [-0.39, 0.29) is 0 Å². The van der Waals surface area contributed by atoms with Crippen molar-refractivity contribution >= 4 is 12.0 Å². The normalized spacial score (nSPS) is 12.0. The molecule has 3 nitrogen and oxygen atoms in total. The van der Waals surface area contributed by atoms with Crippen molar-refractivity contribution in [1.82, 2.24) is 0 Å². The summed E-state index contributed by atoms with van der Waals surface area (Å²) in [4.78, 5) is 12.8. The molecule has 0 aliphatic rings. The van der Waals surface area contributed by atoms with Crippen LogP contribution in [0.3, 0.4) is 0 Å². The maximum atomic E-state index is 10.7. The summed E-state index contributed by atoms with van der Waals surface area (Å²) in [6, 6.07) is 7.76. The van der Waals surface area contributed by atoms with E-state index in [1.54, 1.807) is 12.1 Å². The van der Waals surface area contributed by atoms with Crippen LogP contribution in [0.15, 0.2) is 18.2 Å². The summed E-state index contributed by atoms with van der Waals surface area (Å²) in [6.45, 7) is 6.52. The number of rotatable bonds is 5. The molecule has 0 spiro atoms. The van der Waals surface area contributed by atoms with Gasteiger partial charge in [-0.3, -0.25) is 4.79 Å². The van der Waals surface area contributed by atoms with E-state index in [1.165, 1.54) is 0 Å². The predicted octanol–water partition coefficient (Wildman–Crippen LogP) is 3.24. The van der Waals surface area contributed by atoms with E-state index >= 15 is 0 Å². The first kappa shape index (κ1) is 14.2. The smallest absolute Gasteiger partial charge is 0.150 e. The Morgan fingerprint density at radius 2 is 2.06 bits per heavy atom. The van der Waals surface area contributed by atoms with E-state index in [9.17, 15) is 4.79 Å². The van der Waals surface area contributed by atoms with Crippen LogP contribution in [0.4, 0.5) is 5.69 Å². The summed E-state index contributed by atoms with van der Waals surface area (Å²) in [5.74, 6) is 0.613. The summed E-state index contributed by atoms with van der Waals surface area (Å²) in [5, 5.41) is 9.16. The third-order valence-corrected chi connectivity index (χ3v) is 3.13. The fraction of sp³-hybridized carbons (Fsp3) is 0.467. The number of hydrogen-bond donors (Lipinski definition) is 0. The fourth-order valence-electron chi connectivity index (χ4n) is 2.10. The zero-order valence-electron chi connectivity index (χ0n) is 11.5. The second-order valence-electron chi connectivity index (χ2n) is 5.10. The summed E-state index contributed by atoms with van der Waals surface area (Å²) in [7, 11) is 1.99. The minimum absolute atomic E-state index is 0.360. The zero-order valence-corrected chi connectivity index (χ0v) is 11.5. The first-order valence-corrected chi connectivity index (χ1v) is 6.21. The Kier molecular flexibility index (Phi) is 4.91. The van der Waals surface area contributed by atoms with Gasteiger partial charge in [-0.2, -0.15) is 5.26 Å². The van der Waals surface area contributed by atoms with Gasteiger partial charge in [-0.05, 0) is 37.5 Å². The second kappa shape index (κ2) is 6.20. The molecule has 1 aromatic rings. The standard InChI is InChI=1S/C15H20N2O/c1-11(2)7-12(3)17(4)15-6-5-13(10-18)8-14(15)9-16/h5-6,8,10-12H,7H2,1-4H3. The maximum absolute atomic E-state index is 10.7. The number of nitriles is 1. The molecule has 18 heavy (non-hydrogen) atoms. The van der Waals surface area contributed by atoms with E-state index in [2.05, 4.69) is 31.7 Å². The van der Waals surface area contributed by atoms with E-state index in [4.69, 9.17) is 5.26 Å². The number of aldehydes is 1. The maximum Gasteiger partial charge on any atom is 0.150 e. The number of anilines is 1. The largest absolute Gasteiger partial charge is 0.371 e. The molecule has 0 saturated carbocycles. The van der Waals surface area contributed by atoms with Gasteiger partial charge in [-0.25, -0.2) is 0 Å². The Morgan fingerprint density at radius 3 is 2.56 bits per heavy atom. The molecule has 0 N–H and O–H groups in total. The van der Waals surface area contributed by atoms with Gasteiger partial charge in [0.2, 0.25) is 0 Å². The van der Waals surface area contributed by atoms with Crippen LogP contribution < -0.4 is 4.90 Å². The quantitative estimate of drug-likeness (QED) is 0.747. The zero-order chi connectivity index (χ0) is 13.7. The molecule has 3 heteroatoms. The molecule has 96 valence electrons. The second-order valence-corrected chi connectivity index (χ2v) is 5.10. The average molecular weight is 244 g/mol. The molecule has 1 atom stereocenters. The third-order valence-electron chi connectivity index (χ3n) is 3.13. The van der Waals surface area contributed by atoms with E-state index in [0.29, 0.717) is 23.1 Å². The molecule has 0 radical (unpaired) electrons. The number of hydrogen-bond acceptors (Lipinski definition) is 3. The van der Waals surface area contributed by atoms with Crippen LogP contribution in [0.5, 0.6) is 0 Å². The van der Waals surface area contributed by atoms with Crippen LogP contribution in [-0.4, -0.2) is 19.4 Å². The lowest BCUT2D eigenvalue weighted by atomic mass is 10.0. The van der Waals surface area contributed by atoms with Gasteiger partial charge in [0.1, 0.15) is 12.4 Å². The molecule has 0 aliphatic heterocycles. The van der Waals surface area contributed by atoms with Gasteiger partial charge >= 0.3 is 0 Å². The lowest BCUT2D eigenvalue weighted by Gasteiger charge is -2.29. The SMILES string of the molecule is CC(C)CC(C)N(C)c1ccc(C=O)cc1C#N.